The van der Waals surface area contributed by atoms with E-state index in [2.05, 4.69) is 33.0 Å². The molecule has 2 aliphatic carbocycles. The van der Waals surface area contributed by atoms with Crippen molar-refractivity contribution in [1.82, 2.24) is 4.98 Å². The van der Waals surface area contributed by atoms with Crippen molar-refractivity contribution < 1.29 is 5.11 Å². The SMILES string of the molecule is OC1CC(C2CC2c2ccc(Br)cn2)C1. The highest BCUT2D eigenvalue weighted by molar-refractivity contribution is 9.10. The Morgan fingerprint density at radius 1 is 1.27 bits per heavy atom. The number of aliphatic hydroxyl groups is 1. The van der Waals surface area contributed by atoms with Gasteiger partial charge < -0.3 is 5.11 Å². The molecular formula is C12H14BrNO. The molecular weight excluding hydrogens is 254 g/mol. The van der Waals surface area contributed by atoms with Crippen LogP contribution in [0.1, 0.15) is 30.9 Å². The van der Waals surface area contributed by atoms with Gasteiger partial charge in [0.25, 0.3) is 0 Å². The molecule has 2 aliphatic rings. The second kappa shape index (κ2) is 3.56. The standard InChI is InChI=1S/C12H14BrNO/c13-8-1-2-12(14-6-8)11-5-10(11)7-3-9(15)4-7/h1-2,6-7,9-11,15H,3-5H2. The van der Waals surface area contributed by atoms with E-state index >= 15 is 0 Å². The molecule has 15 heavy (non-hydrogen) atoms. The second-order valence-electron chi connectivity index (χ2n) is 4.79. The number of halogens is 1. The van der Waals surface area contributed by atoms with E-state index in [1.165, 1.54) is 12.1 Å². The van der Waals surface area contributed by atoms with Crippen LogP contribution in [0.15, 0.2) is 22.8 Å². The lowest BCUT2D eigenvalue weighted by atomic mass is 9.78. The number of rotatable bonds is 2. The van der Waals surface area contributed by atoms with Crippen molar-refractivity contribution in [1.29, 1.82) is 0 Å². The van der Waals surface area contributed by atoms with Crippen molar-refractivity contribution in [3.05, 3.63) is 28.5 Å². The number of hydrogen-bond donors (Lipinski definition) is 1. The number of aromatic nitrogens is 1. The minimum Gasteiger partial charge on any atom is -0.393 e. The van der Waals surface area contributed by atoms with Crippen molar-refractivity contribution in [3.63, 3.8) is 0 Å². The largest absolute Gasteiger partial charge is 0.393 e. The third kappa shape index (κ3) is 1.83. The van der Waals surface area contributed by atoms with Gasteiger partial charge in [-0.15, -0.1) is 0 Å². The lowest BCUT2D eigenvalue weighted by Gasteiger charge is -2.31. The Hall–Kier alpha value is -0.410. The zero-order chi connectivity index (χ0) is 10.4. The molecule has 2 saturated carbocycles. The molecule has 0 aromatic carbocycles. The van der Waals surface area contributed by atoms with Gasteiger partial charge in [-0.1, -0.05) is 0 Å². The summed E-state index contributed by atoms with van der Waals surface area (Å²) in [5, 5.41) is 9.27. The molecule has 1 heterocycles. The monoisotopic (exact) mass is 267 g/mol. The molecule has 0 aliphatic heterocycles. The molecule has 0 radical (unpaired) electrons. The maximum absolute atomic E-state index is 9.27. The first kappa shape index (κ1) is 9.79. The molecule has 3 heteroatoms. The van der Waals surface area contributed by atoms with E-state index in [0.717, 1.165) is 29.2 Å². The van der Waals surface area contributed by atoms with Gasteiger partial charge in [0.2, 0.25) is 0 Å². The Morgan fingerprint density at radius 2 is 2.07 bits per heavy atom. The Morgan fingerprint density at radius 3 is 2.67 bits per heavy atom. The molecule has 2 atom stereocenters. The van der Waals surface area contributed by atoms with Crippen LogP contribution >= 0.6 is 15.9 Å². The fourth-order valence-corrected chi connectivity index (χ4v) is 2.90. The molecule has 1 N–H and O–H groups in total. The van der Waals surface area contributed by atoms with Crippen LogP contribution in [-0.2, 0) is 0 Å². The van der Waals surface area contributed by atoms with Gasteiger partial charge in [0.1, 0.15) is 0 Å². The molecule has 0 spiro atoms. The van der Waals surface area contributed by atoms with Gasteiger partial charge in [-0.3, -0.25) is 4.98 Å². The number of pyridine rings is 1. The molecule has 1 aromatic rings. The molecule has 2 unspecified atom stereocenters. The predicted octanol–water partition coefficient (Wildman–Crippen LogP) is 2.72. The van der Waals surface area contributed by atoms with E-state index in [-0.39, 0.29) is 6.10 Å². The molecule has 3 rings (SSSR count). The summed E-state index contributed by atoms with van der Waals surface area (Å²) in [5.41, 5.74) is 1.23. The predicted molar refractivity (Wildman–Crippen MR) is 61.5 cm³/mol. The first-order valence-corrected chi connectivity index (χ1v) is 6.33. The maximum Gasteiger partial charge on any atom is 0.0545 e. The van der Waals surface area contributed by atoms with E-state index in [1.54, 1.807) is 0 Å². The summed E-state index contributed by atoms with van der Waals surface area (Å²) in [6.07, 6.45) is 5.15. The van der Waals surface area contributed by atoms with Gasteiger partial charge in [0, 0.05) is 22.3 Å². The summed E-state index contributed by atoms with van der Waals surface area (Å²) in [7, 11) is 0. The van der Waals surface area contributed by atoms with Gasteiger partial charge in [0.05, 0.1) is 6.10 Å². The number of aliphatic hydroxyl groups excluding tert-OH is 1. The zero-order valence-corrected chi connectivity index (χ0v) is 10.0. The zero-order valence-electron chi connectivity index (χ0n) is 8.44. The Kier molecular flexibility index (Phi) is 2.33. The fraction of sp³-hybridized carbons (Fsp3) is 0.583. The lowest BCUT2D eigenvalue weighted by molar-refractivity contribution is 0.0319. The van der Waals surface area contributed by atoms with Crippen molar-refractivity contribution in [3.8, 4) is 0 Å². The summed E-state index contributed by atoms with van der Waals surface area (Å²) in [5.74, 6) is 2.22. The quantitative estimate of drug-likeness (QED) is 0.894. The summed E-state index contributed by atoms with van der Waals surface area (Å²) in [4.78, 5) is 4.44. The van der Waals surface area contributed by atoms with Gasteiger partial charge in [-0.2, -0.15) is 0 Å². The minimum atomic E-state index is -0.0193. The molecule has 80 valence electrons. The summed E-state index contributed by atoms with van der Waals surface area (Å²) in [6, 6.07) is 4.18. The average molecular weight is 268 g/mol. The van der Waals surface area contributed by atoms with Crippen LogP contribution in [0, 0.1) is 11.8 Å². The van der Waals surface area contributed by atoms with Crippen molar-refractivity contribution >= 4 is 15.9 Å². The topological polar surface area (TPSA) is 33.1 Å². The van der Waals surface area contributed by atoms with Gasteiger partial charge in [0.15, 0.2) is 0 Å². The van der Waals surface area contributed by atoms with Crippen LogP contribution in [0.25, 0.3) is 0 Å². The minimum absolute atomic E-state index is 0.0193. The highest BCUT2D eigenvalue weighted by Gasteiger charge is 2.48. The number of nitrogens with zero attached hydrogens (tertiary/aromatic N) is 1. The van der Waals surface area contributed by atoms with E-state index < -0.39 is 0 Å². The molecule has 2 fully saturated rings. The Balaban J connectivity index is 1.64. The van der Waals surface area contributed by atoms with Gasteiger partial charge in [-0.25, -0.2) is 0 Å². The van der Waals surface area contributed by atoms with Crippen LogP contribution in [0.2, 0.25) is 0 Å². The van der Waals surface area contributed by atoms with Crippen molar-refractivity contribution in [2.45, 2.75) is 31.3 Å². The highest BCUT2D eigenvalue weighted by Crippen LogP contribution is 2.56. The van der Waals surface area contributed by atoms with E-state index in [0.29, 0.717) is 5.92 Å². The van der Waals surface area contributed by atoms with Crippen LogP contribution in [0.3, 0.4) is 0 Å². The third-order valence-electron chi connectivity index (χ3n) is 3.73. The van der Waals surface area contributed by atoms with Crippen molar-refractivity contribution in [2.75, 3.05) is 0 Å². The van der Waals surface area contributed by atoms with Gasteiger partial charge >= 0.3 is 0 Å². The Labute approximate surface area is 97.9 Å². The highest BCUT2D eigenvalue weighted by atomic mass is 79.9. The van der Waals surface area contributed by atoms with Crippen molar-refractivity contribution in [2.24, 2.45) is 11.8 Å². The van der Waals surface area contributed by atoms with Gasteiger partial charge in [-0.05, 0) is 59.2 Å². The van der Waals surface area contributed by atoms with E-state index in [1.807, 2.05) is 6.20 Å². The molecule has 0 bridgehead atoms. The normalized spacial score (nSPS) is 38.5. The fourth-order valence-electron chi connectivity index (χ4n) is 2.66. The van der Waals surface area contributed by atoms with E-state index in [9.17, 15) is 5.11 Å². The van der Waals surface area contributed by atoms with E-state index in [4.69, 9.17) is 0 Å². The first-order chi connectivity index (χ1) is 7.24. The summed E-state index contributed by atoms with van der Waals surface area (Å²) < 4.78 is 1.04. The molecule has 2 nitrogen and oxygen atoms in total. The van der Waals surface area contributed by atoms with Crippen LogP contribution in [0.4, 0.5) is 0 Å². The second-order valence-corrected chi connectivity index (χ2v) is 5.71. The first-order valence-electron chi connectivity index (χ1n) is 5.53. The molecule has 1 aromatic heterocycles. The maximum atomic E-state index is 9.27. The summed E-state index contributed by atoms with van der Waals surface area (Å²) >= 11 is 3.40. The van der Waals surface area contributed by atoms with Crippen LogP contribution < -0.4 is 0 Å². The summed E-state index contributed by atoms with van der Waals surface area (Å²) in [6.45, 7) is 0. The third-order valence-corrected chi connectivity index (χ3v) is 4.19. The average Bonchev–Trinajstić information content (AvgIpc) is 2.94. The lowest BCUT2D eigenvalue weighted by Crippen LogP contribution is -2.30. The molecule has 0 saturated heterocycles. The Bertz CT molecular complexity index is 358. The van der Waals surface area contributed by atoms with Crippen LogP contribution in [-0.4, -0.2) is 16.2 Å². The smallest absolute Gasteiger partial charge is 0.0545 e. The van der Waals surface area contributed by atoms with Crippen LogP contribution in [0.5, 0.6) is 0 Å². The molecule has 0 amide bonds. The number of hydrogen-bond acceptors (Lipinski definition) is 2.